The normalized spacial score (nSPS) is 13.1. The molecule has 0 aliphatic carbocycles. The van der Waals surface area contributed by atoms with Crippen molar-refractivity contribution in [3.05, 3.63) is 29.0 Å². The summed E-state index contributed by atoms with van der Waals surface area (Å²) < 4.78 is 4.86. The van der Waals surface area contributed by atoms with Crippen molar-refractivity contribution in [1.82, 2.24) is 9.88 Å². The van der Waals surface area contributed by atoms with Gasteiger partial charge in [0.05, 0.1) is 18.4 Å². The standard InChI is InChI=1S/C11H17ClN2O2/c1-14(7-11(15)8-16-2)6-10-5-9(12)3-4-13-10/h3-5,11,15H,6-8H2,1-2H3. The van der Waals surface area contributed by atoms with Crippen LogP contribution in [-0.2, 0) is 11.3 Å². The van der Waals surface area contributed by atoms with Crippen LogP contribution in [0.4, 0.5) is 0 Å². The van der Waals surface area contributed by atoms with Gasteiger partial charge in [0, 0.05) is 31.4 Å². The van der Waals surface area contributed by atoms with Crippen molar-refractivity contribution >= 4 is 11.6 Å². The van der Waals surface area contributed by atoms with Gasteiger partial charge in [0.25, 0.3) is 0 Å². The smallest absolute Gasteiger partial charge is 0.0900 e. The predicted molar refractivity (Wildman–Crippen MR) is 63.5 cm³/mol. The Kier molecular flexibility index (Phi) is 5.69. The first kappa shape index (κ1) is 13.4. The molecule has 5 heteroatoms. The highest BCUT2D eigenvalue weighted by atomic mass is 35.5. The molecule has 1 atom stereocenters. The van der Waals surface area contributed by atoms with Gasteiger partial charge in [0.15, 0.2) is 0 Å². The minimum atomic E-state index is -0.478. The number of methoxy groups -OCH3 is 1. The number of nitrogens with zero attached hydrogens (tertiary/aromatic N) is 2. The summed E-state index contributed by atoms with van der Waals surface area (Å²) in [6, 6.07) is 3.56. The maximum Gasteiger partial charge on any atom is 0.0900 e. The summed E-state index contributed by atoms with van der Waals surface area (Å²) in [7, 11) is 3.49. The number of hydrogen-bond acceptors (Lipinski definition) is 4. The molecule has 0 aromatic carbocycles. The lowest BCUT2D eigenvalue weighted by Gasteiger charge is -2.19. The summed E-state index contributed by atoms with van der Waals surface area (Å²) in [5.41, 5.74) is 0.889. The van der Waals surface area contributed by atoms with Gasteiger partial charge in [-0.25, -0.2) is 0 Å². The fraction of sp³-hybridized carbons (Fsp3) is 0.545. The van der Waals surface area contributed by atoms with Crippen molar-refractivity contribution in [1.29, 1.82) is 0 Å². The molecule has 0 amide bonds. The topological polar surface area (TPSA) is 45.6 Å². The molecule has 4 nitrogen and oxygen atoms in total. The number of pyridine rings is 1. The number of halogens is 1. The average Bonchev–Trinajstić information content (AvgIpc) is 2.17. The van der Waals surface area contributed by atoms with E-state index in [1.54, 1.807) is 19.4 Å². The van der Waals surface area contributed by atoms with Gasteiger partial charge in [-0.1, -0.05) is 11.6 Å². The summed E-state index contributed by atoms with van der Waals surface area (Å²) in [5, 5.41) is 10.2. The second-order valence-corrected chi connectivity index (χ2v) is 4.21. The molecule has 1 aromatic heterocycles. The van der Waals surface area contributed by atoms with Crippen LogP contribution < -0.4 is 0 Å². The van der Waals surface area contributed by atoms with Crippen molar-refractivity contribution in [3.63, 3.8) is 0 Å². The lowest BCUT2D eigenvalue weighted by molar-refractivity contribution is 0.0416. The zero-order valence-corrected chi connectivity index (χ0v) is 10.3. The molecular formula is C11H17ClN2O2. The maximum atomic E-state index is 9.54. The van der Waals surface area contributed by atoms with Crippen LogP contribution in [0.3, 0.4) is 0 Å². The van der Waals surface area contributed by atoms with Crippen molar-refractivity contribution in [2.24, 2.45) is 0 Å². The zero-order valence-electron chi connectivity index (χ0n) is 9.56. The third-order valence-electron chi connectivity index (χ3n) is 2.09. The molecule has 0 spiro atoms. The summed E-state index contributed by atoms with van der Waals surface area (Å²) in [6.07, 6.45) is 1.20. The van der Waals surface area contributed by atoms with Crippen LogP contribution in [-0.4, -0.2) is 48.4 Å². The van der Waals surface area contributed by atoms with Gasteiger partial charge in [0.2, 0.25) is 0 Å². The van der Waals surface area contributed by atoms with E-state index in [4.69, 9.17) is 16.3 Å². The third-order valence-corrected chi connectivity index (χ3v) is 2.33. The Morgan fingerprint density at radius 3 is 3.00 bits per heavy atom. The Bertz CT molecular complexity index is 323. The fourth-order valence-corrected chi connectivity index (χ4v) is 1.66. The molecule has 0 aliphatic rings. The Balaban J connectivity index is 2.42. The van der Waals surface area contributed by atoms with E-state index in [0.717, 1.165) is 5.69 Å². The molecule has 0 bridgehead atoms. The second kappa shape index (κ2) is 6.81. The van der Waals surface area contributed by atoms with Gasteiger partial charge < -0.3 is 9.84 Å². The summed E-state index contributed by atoms with van der Waals surface area (Å²) in [4.78, 5) is 6.17. The lowest BCUT2D eigenvalue weighted by atomic mass is 10.3. The van der Waals surface area contributed by atoms with Crippen molar-refractivity contribution in [3.8, 4) is 0 Å². The molecule has 1 rings (SSSR count). The molecule has 90 valence electrons. The Morgan fingerprint density at radius 2 is 2.38 bits per heavy atom. The molecule has 0 aliphatic heterocycles. The number of ether oxygens (including phenoxy) is 1. The van der Waals surface area contributed by atoms with Crippen molar-refractivity contribution in [2.45, 2.75) is 12.6 Å². The van der Waals surface area contributed by atoms with Gasteiger partial charge in [-0.15, -0.1) is 0 Å². The first-order chi connectivity index (χ1) is 7.61. The van der Waals surface area contributed by atoms with Crippen LogP contribution in [0.25, 0.3) is 0 Å². The molecule has 1 heterocycles. The highest BCUT2D eigenvalue weighted by Crippen LogP contribution is 2.09. The molecule has 1 N–H and O–H groups in total. The number of hydrogen-bond donors (Lipinski definition) is 1. The summed E-state index contributed by atoms with van der Waals surface area (Å²) >= 11 is 5.86. The van der Waals surface area contributed by atoms with E-state index in [0.29, 0.717) is 24.7 Å². The van der Waals surface area contributed by atoms with E-state index in [1.165, 1.54) is 0 Å². The molecule has 0 radical (unpaired) electrons. The van der Waals surface area contributed by atoms with Crippen LogP contribution in [0.1, 0.15) is 5.69 Å². The van der Waals surface area contributed by atoms with Gasteiger partial charge in [0.1, 0.15) is 0 Å². The molecule has 1 aromatic rings. The largest absolute Gasteiger partial charge is 0.389 e. The minimum Gasteiger partial charge on any atom is -0.389 e. The summed E-state index contributed by atoms with van der Waals surface area (Å²) in [6.45, 7) is 1.54. The fourth-order valence-electron chi connectivity index (χ4n) is 1.48. The zero-order chi connectivity index (χ0) is 12.0. The van der Waals surface area contributed by atoms with Gasteiger partial charge in [-0.3, -0.25) is 9.88 Å². The minimum absolute atomic E-state index is 0.341. The number of rotatable bonds is 6. The first-order valence-corrected chi connectivity index (χ1v) is 5.45. The Morgan fingerprint density at radius 1 is 1.62 bits per heavy atom. The first-order valence-electron chi connectivity index (χ1n) is 5.07. The van der Waals surface area contributed by atoms with Crippen LogP contribution in [0.5, 0.6) is 0 Å². The highest BCUT2D eigenvalue weighted by molar-refractivity contribution is 6.30. The number of aliphatic hydroxyl groups is 1. The molecular weight excluding hydrogens is 228 g/mol. The van der Waals surface area contributed by atoms with Gasteiger partial charge in [-0.05, 0) is 19.2 Å². The predicted octanol–water partition coefficient (Wildman–Crippen LogP) is 1.17. The van der Waals surface area contributed by atoms with E-state index in [-0.39, 0.29) is 0 Å². The van der Waals surface area contributed by atoms with E-state index in [1.807, 2.05) is 18.0 Å². The van der Waals surface area contributed by atoms with Gasteiger partial charge in [-0.2, -0.15) is 0 Å². The van der Waals surface area contributed by atoms with E-state index < -0.39 is 6.10 Å². The summed E-state index contributed by atoms with van der Waals surface area (Å²) in [5.74, 6) is 0. The molecule has 0 saturated heterocycles. The second-order valence-electron chi connectivity index (χ2n) is 3.77. The maximum absolute atomic E-state index is 9.54. The van der Waals surface area contributed by atoms with E-state index in [9.17, 15) is 5.11 Å². The Hall–Kier alpha value is -0.680. The van der Waals surface area contributed by atoms with E-state index >= 15 is 0 Å². The number of likely N-dealkylation sites (N-methyl/N-ethyl adjacent to an activating group) is 1. The molecule has 0 saturated carbocycles. The van der Waals surface area contributed by atoms with Crippen LogP contribution in [0.15, 0.2) is 18.3 Å². The highest BCUT2D eigenvalue weighted by Gasteiger charge is 2.08. The molecule has 0 fully saturated rings. The average molecular weight is 245 g/mol. The Labute approximate surface area is 101 Å². The quantitative estimate of drug-likeness (QED) is 0.816. The van der Waals surface area contributed by atoms with Crippen LogP contribution in [0, 0.1) is 0 Å². The van der Waals surface area contributed by atoms with Crippen LogP contribution >= 0.6 is 11.6 Å². The number of aliphatic hydroxyl groups excluding tert-OH is 1. The third kappa shape index (κ3) is 4.90. The van der Waals surface area contributed by atoms with Crippen molar-refractivity contribution < 1.29 is 9.84 Å². The van der Waals surface area contributed by atoms with Crippen molar-refractivity contribution in [2.75, 3.05) is 27.3 Å². The molecule has 1 unspecified atom stereocenters. The van der Waals surface area contributed by atoms with Gasteiger partial charge >= 0.3 is 0 Å². The SMILES string of the molecule is COCC(O)CN(C)Cc1cc(Cl)ccn1. The monoisotopic (exact) mass is 244 g/mol. The number of aromatic nitrogens is 1. The van der Waals surface area contributed by atoms with E-state index in [2.05, 4.69) is 4.98 Å². The lowest BCUT2D eigenvalue weighted by Crippen LogP contribution is -2.31. The molecule has 16 heavy (non-hydrogen) atoms. The van der Waals surface area contributed by atoms with Crippen LogP contribution in [0.2, 0.25) is 5.02 Å².